The number of nitrogens with zero attached hydrogens (tertiary/aromatic N) is 1. The molecule has 1 amide bonds. The average Bonchev–Trinajstić information content (AvgIpc) is 2.16. The number of carbonyl (C=O) groups is 1. The van der Waals surface area contributed by atoms with Gasteiger partial charge in [-0.2, -0.15) is 5.26 Å². The van der Waals surface area contributed by atoms with E-state index in [1.165, 1.54) is 18.2 Å². The van der Waals surface area contributed by atoms with Crippen molar-refractivity contribution in [2.75, 3.05) is 11.1 Å². The predicted molar refractivity (Wildman–Crippen MR) is 51.8 cm³/mol. The Kier molecular flexibility index (Phi) is 1.98. The minimum Gasteiger partial charge on any atom is -0.324 e. The first-order chi connectivity index (χ1) is 7.03. The fourth-order valence-electron chi connectivity index (χ4n) is 1.39. The lowest BCUT2D eigenvalue weighted by Gasteiger charge is -2.16. The normalized spacial score (nSPS) is 17.4. The van der Waals surface area contributed by atoms with Gasteiger partial charge in [-0.3, -0.25) is 4.79 Å². The third-order valence-electron chi connectivity index (χ3n) is 2.04. The minimum atomic E-state index is -3.59. The number of sulfone groups is 1. The summed E-state index contributed by atoms with van der Waals surface area (Å²) in [5.41, 5.74) is 0.499. The number of amides is 1. The van der Waals surface area contributed by atoms with Gasteiger partial charge in [0.2, 0.25) is 5.91 Å². The van der Waals surface area contributed by atoms with Gasteiger partial charge in [-0.05, 0) is 18.2 Å². The van der Waals surface area contributed by atoms with Gasteiger partial charge in [-0.25, -0.2) is 8.42 Å². The molecule has 76 valence electrons. The molecule has 6 heteroatoms. The first kappa shape index (κ1) is 9.68. The number of nitrogens with one attached hydrogen (secondary N) is 1. The number of hydrogen-bond donors (Lipinski definition) is 1. The molecule has 1 aromatic rings. The lowest BCUT2D eigenvalue weighted by atomic mass is 10.2. The van der Waals surface area contributed by atoms with Gasteiger partial charge in [-0.15, -0.1) is 0 Å². The molecule has 1 aromatic carbocycles. The molecule has 0 unspecified atom stereocenters. The summed E-state index contributed by atoms with van der Waals surface area (Å²) in [6.45, 7) is 0. The van der Waals surface area contributed by atoms with Gasteiger partial charge in [0.1, 0.15) is 5.75 Å². The summed E-state index contributed by atoms with van der Waals surface area (Å²) in [5.74, 6) is -1.11. The summed E-state index contributed by atoms with van der Waals surface area (Å²) < 4.78 is 23.2. The monoisotopic (exact) mass is 222 g/mol. The molecule has 1 aliphatic rings. The van der Waals surface area contributed by atoms with Gasteiger partial charge in [-0.1, -0.05) is 0 Å². The van der Waals surface area contributed by atoms with Crippen molar-refractivity contribution in [3.05, 3.63) is 23.8 Å². The van der Waals surface area contributed by atoms with Crippen LogP contribution in [0.25, 0.3) is 0 Å². The zero-order chi connectivity index (χ0) is 11.1. The van der Waals surface area contributed by atoms with Gasteiger partial charge < -0.3 is 5.32 Å². The summed E-state index contributed by atoms with van der Waals surface area (Å²) in [7, 11) is -3.59. The van der Waals surface area contributed by atoms with Crippen molar-refractivity contribution in [1.82, 2.24) is 0 Å². The minimum absolute atomic E-state index is 0.0150. The molecule has 0 radical (unpaired) electrons. The molecule has 1 aliphatic heterocycles. The van der Waals surface area contributed by atoms with Crippen molar-refractivity contribution in [3.8, 4) is 6.07 Å². The van der Waals surface area contributed by atoms with E-state index in [1.54, 1.807) is 0 Å². The molecule has 5 nitrogen and oxygen atoms in total. The number of nitriles is 1. The van der Waals surface area contributed by atoms with Crippen molar-refractivity contribution >= 4 is 21.4 Å². The van der Waals surface area contributed by atoms with Crippen LogP contribution in [0.15, 0.2) is 23.1 Å². The number of fused-ring (bicyclic) bond motifs is 1. The van der Waals surface area contributed by atoms with E-state index < -0.39 is 21.5 Å². The fourth-order valence-corrected chi connectivity index (χ4v) is 2.72. The van der Waals surface area contributed by atoms with Crippen LogP contribution in [0.3, 0.4) is 0 Å². The highest BCUT2D eigenvalue weighted by molar-refractivity contribution is 7.92. The second kappa shape index (κ2) is 3.07. The second-order valence-electron chi connectivity index (χ2n) is 3.13. The van der Waals surface area contributed by atoms with E-state index in [0.29, 0.717) is 0 Å². The van der Waals surface area contributed by atoms with E-state index in [-0.39, 0.29) is 16.1 Å². The third kappa shape index (κ3) is 1.57. The smallest absolute Gasteiger partial charge is 0.239 e. The Bertz CT molecular complexity index is 584. The predicted octanol–water partition coefficient (Wildman–Crippen LogP) is 0.284. The summed E-state index contributed by atoms with van der Waals surface area (Å²) in [6, 6.07) is 5.99. The Hall–Kier alpha value is -1.87. The van der Waals surface area contributed by atoms with Crippen LogP contribution in [-0.2, 0) is 14.6 Å². The van der Waals surface area contributed by atoms with Gasteiger partial charge in [0.25, 0.3) is 0 Å². The van der Waals surface area contributed by atoms with Gasteiger partial charge >= 0.3 is 0 Å². The molecular weight excluding hydrogens is 216 g/mol. The quantitative estimate of drug-likeness (QED) is 0.683. The molecule has 0 spiro atoms. The van der Waals surface area contributed by atoms with Crippen molar-refractivity contribution in [3.63, 3.8) is 0 Å². The Labute approximate surface area is 86.2 Å². The Morgan fingerprint density at radius 3 is 2.80 bits per heavy atom. The van der Waals surface area contributed by atoms with Crippen LogP contribution in [0.4, 0.5) is 5.69 Å². The molecule has 0 bridgehead atoms. The lowest BCUT2D eigenvalue weighted by Crippen LogP contribution is -2.29. The average molecular weight is 222 g/mol. The number of carbonyl (C=O) groups excluding carboxylic acids is 1. The van der Waals surface area contributed by atoms with Crippen LogP contribution >= 0.6 is 0 Å². The maximum Gasteiger partial charge on any atom is 0.239 e. The molecule has 0 aliphatic carbocycles. The zero-order valence-electron chi connectivity index (χ0n) is 7.52. The molecule has 0 fully saturated rings. The SMILES string of the molecule is N#Cc1ccc2c(c1)S(=O)(=O)CC(=O)N2. The summed E-state index contributed by atoms with van der Waals surface area (Å²) >= 11 is 0. The highest BCUT2D eigenvalue weighted by Gasteiger charge is 2.28. The van der Waals surface area contributed by atoms with E-state index in [9.17, 15) is 13.2 Å². The summed E-state index contributed by atoms with van der Waals surface area (Å²) in [4.78, 5) is 11.1. The third-order valence-corrected chi connectivity index (χ3v) is 3.69. The molecule has 0 saturated carbocycles. The van der Waals surface area contributed by atoms with E-state index in [4.69, 9.17) is 5.26 Å². The van der Waals surface area contributed by atoms with Crippen LogP contribution in [0.1, 0.15) is 5.56 Å². The first-order valence-electron chi connectivity index (χ1n) is 4.10. The topological polar surface area (TPSA) is 87.0 Å². The Morgan fingerprint density at radius 1 is 1.40 bits per heavy atom. The van der Waals surface area contributed by atoms with Crippen LogP contribution in [0.5, 0.6) is 0 Å². The number of benzene rings is 1. The maximum atomic E-state index is 11.6. The van der Waals surface area contributed by atoms with E-state index in [2.05, 4.69) is 5.32 Å². The summed E-state index contributed by atoms with van der Waals surface area (Å²) in [5, 5.41) is 11.1. The van der Waals surface area contributed by atoms with E-state index in [0.717, 1.165) is 0 Å². The van der Waals surface area contributed by atoms with Crippen LogP contribution < -0.4 is 5.32 Å². The van der Waals surface area contributed by atoms with E-state index in [1.807, 2.05) is 6.07 Å². The number of anilines is 1. The highest BCUT2D eigenvalue weighted by atomic mass is 32.2. The summed E-state index contributed by atoms with van der Waals surface area (Å²) in [6.07, 6.45) is 0. The fraction of sp³-hybridized carbons (Fsp3) is 0.111. The molecule has 15 heavy (non-hydrogen) atoms. The van der Waals surface area contributed by atoms with Gasteiger partial charge in [0.15, 0.2) is 9.84 Å². The zero-order valence-corrected chi connectivity index (χ0v) is 8.34. The molecule has 0 aromatic heterocycles. The molecule has 0 saturated heterocycles. The molecule has 1 heterocycles. The number of rotatable bonds is 0. The number of hydrogen-bond acceptors (Lipinski definition) is 4. The van der Waals surface area contributed by atoms with E-state index >= 15 is 0 Å². The second-order valence-corrected chi connectivity index (χ2v) is 5.09. The molecular formula is C9H6N2O3S. The standard InChI is InChI=1S/C9H6N2O3S/c10-4-6-1-2-7-8(3-6)15(13,14)5-9(12)11-7/h1-3H,5H2,(H,11,12). The van der Waals surface area contributed by atoms with Gasteiger partial charge in [0.05, 0.1) is 22.2 Å². The van der Waals surface area contributed by atoms with Crippen LogP contribution in [0.2, 0.25) is 0 Å². The first-order valence-corrected chi connectivity index (χ1v) is 5.75. The molecule has 1 N–H and O–H groups in total. The largest absolute Gasteiger partial charge is 0.324 e. The van der Waals surface area contributed by atoms with Crippen LogP contribution in [0, 0.1) is 11.3 Å². The lowest BCUT2D eigenvalue weighted by molar-refractivity contribution is -0.114. The maximum absolute atomic E-state index is 11.6. The van der Waals surface area contributed by atoms with Crippen molar-refractivity contribution in [2.24, 2.45) is 0 Å². The Balaban J connectivity index is 2.70. The highest BCUT2D eigenvalue weighted by Crippen LogP contribution is 2.27. The van der Waals surface area contributed by atoms with Crippen molar-refractivity contribution < 1.29 is 13.2 Å². The molecule has 2 rings (SSSR count). The van der Waals surface area contributed by atoms with Crippen molar-refractivity contribution in [1.29, 1.82) is 5.26 Å². The van der Waals surface area contributed by atoms with Crippen LogP contribution in [-0.4, -0.2) is 20.1 Å². The molecule has 0 atom stereocenters. The van der Waals surface area contributed by atoms with Crippen molar-refractivity contribution in [2.45, 2.75) is 4.90 Å². The Morgan fingerprint density at radius 2 is 2.13 bits per heavy atom. The van der Waals surface area contributed by atoms with Gasteiger partial charge in [0, 0.05) is 0 Å².